The standard InChI is InChI=1S/C29H24F2N2O6/c1-16-25(32-29(35)37-17(2)18-6-4-3-5-7-18)26(39-33-16)20-10-8-19(9-11-20)21-14-22(30)27(23(31)15-21)38-24-12-13-36-28(24)34/h3-11,14-15,17,24H,12-13H2,1-2H3,(H,32,35). The van der Waals surface area contributed by atoms with Crippen molar-refractivity contribution in [2.45, 2.75) is 32.5 Å². The second kappa shape index (κ2) is 10.9. The Hall–Kier alpha value is -4.73. The molecule has 0 saturated carbocycles. The molecule has 2 unspecified atom stereocenters. The van der Waals surface area contributed by atoms with Gasteiger partial charge < -0.3 is 18.7 Å². The zero-order chi connectivity index (χ0) is 27.5. The summed E-state index contributed by atoms with van der Waals surface area (Å²) in [5, 5.41) is 6.65. The lowest BCUT2D eigenvalue weighted by molar-refractivity contribution is -0.143. The molecular weight excluding hydrogens is 510 g/mol. The van der Waals surface area contributed by atoms with E-state index in [1.165, 1.54) is 0 Å². The van der Waals surface area contributed by atoms with Crippen LogP contribution in [0.15, 0.2) is 71.3 Å². The molecule has 0 aliphatic carbocycles. The van der Waals surface area contributed by atoms with E-state index in [-0.39, 0.29) is 18.6 Å². The Balaban J connectivity index is 1.31. The molecule has 3 aromatic carbocycles. The number of benzene rings is 3. The largest absolute Gasteiger partial charge is 0.472 e. The zero-order valence-corrected chi connectivity index (χ0v) is 21.1. The molecule has 1 saturated heterocycles. The van der Waals surface area contributed by atoms with Gasteiger partial charge in [-0.25, -0.2) is 18.4 Å². The number of ether oxygens (including phenoxy) is 3. The number of hydrogen-bond acceptors (Lipinski definition) is 7. The molecule has 0 bridgehead atoms. The van der Waals surface area contributed by atoms with Crippen molar-refractivity contribution in [3.05, 3.63) is 89.6 Å². The number of aryl methyl sites for hydroxylation is 1. The van der Waals surface area contributed by atoms with Crippen molar-refractivity contribution in [3.8, 4) is 28.2 Å². The van der Waals surface area contributed by atoms with Gasteiger partial charge in [-0.15, -0.1) is 0 Å². The number of aromatic nitrogens is 1. The number of carbonyl (C=O) groups is 2. The fourth-order valence-electron chi connectivity index (χ4n) is 4.18. The van der Waals surface area contributed by atoms with Crippen LogP contribution in [0.5, 0.6) is 5.75 Å². The molecular formula is C29H24F2N2O6. The third kappa shape index (κ3) is 5.59. The van der Waals surface area contributed by atoms with Crippen molar-refractivity contribution in [2.75, 3.05) is 11.9 Å². The van der Waals surface area contributed by atoms with Gasteiger partial charge in [-0.2, -0.15) is 0 Å². The lowest BCUT2D eigenvalue weighted by atomic mass is 10.0. The van der Waals surface area contributed by atoms with Crippen LogP contribution < -0.4 is 10.1 Å². The molecule has 8 nitrogen and oxygen atoms in total. The molecule has 2 heterocycles. The topological polar surface area (TPSA) is 99.9 Å². The van der Waals surface area contributed by atoms with Crippen LogP contribution >= 0.6 is 0 Å². The van der Waals surface area contributed by atoms with E-state index in [2.05, 4.69) is 10.5 Å². The van der Waals surface area contributed by atoms with Crippen LogP contribution in [0.2, 0.25) is 0 Å². The number of halogens is 2. The van der Waals surface area contributed by atoms with E-state index in [9.17, 15) is 18.4 Å². The van der Waals surface area contributed by atoms with E-state index >= 15 is 0 Å². The first-order valence-corrected chi connectivity index (χ1v) is 12.2. The van der Waals surface area contributed by atoms with E-state index in [1.807, 2.05) is 30.3 Å². The summed E-state index contributed by atoms with van der Waals surface area (Å²) in [6.07, 6.45) is -1.96. The molecule has 10 heteroatoms. The smallest absolute Gasteiger partial charge is 0.412 e. The van der Waals surface area contributed by atoms with Gasteiger partial charge in [-0.1, -0.05) is 59.8 Å². The molecule has 1 fully saturated rings. The summed E-state index contributed by atoms with van der Waals surface area (Å²) in [5.41, 5.74) is 3.00. The number of cyclic esters (lactones) is 1. The van der Waals surface area contributed by atoms with Crippen molar-refractivity contribution in [3.63, 3.8) is 0 Å². The van der Waals surface area contributed by atoms with E-state index < -0.39 is 41.7 Å². The third-order valence-corrected chi connectivity index (χ3v) is 6.27. The lowest BCUT2D eigenvalue weighted by Gasteiger charge is -2.14. The molecule has 200 valence electrons. The summed E-state index contributed by atoms with van der Waals surface area (Å²) in [7, 11) is 0. The highest BCUT2D eigenvalue weighted by atomic mass is 19.1. The van der Waals surface area contributed by atoms with Crippen LogP contribution in [0.4, 0.5) is 19.3 Å². The highest BCUT2D eigenvalue weighted by molar-refractivity contribution is 5.91. The predicted molar refractivity (Wildman–Crippen MR) is 137 cm³/mol. The molecule has 0 spiro atoms. The Morgan fingerprint density at radius 1 is 1.03 bits per heavy atom. The lowest BCUT2D eigenvalue weighted by Crippen LogP contribution is -2.22. The van der Waals surface area contributed by atoms with Gasteiger partial charge in [0.05, 0.1) is 6.61 Å². The van der Waals surface area contributed by atoms with Crippen LogP contribution in [-0.4, -0.2) is 29.9 Å². The fourth-order valence-corrected chi connectivity index (χ4v) is 4.18. The van der Waals surface area contributed by atoms with Crippen molar-refractivity contribution >= 4 is 17.7 Å². The maximum Gasteiger partial charge on any atom is 0.412 e. The number of anilines is 1. The first-order valence-electron chi connectivity index (χ1n) is 12.2. The van der Waals surface area contributed by atoms with Crippen LogP contribution in [0.25, 0.3) is 22.5 Å². The Morgan fingerprint density at radius 3 is 2.33 bits per heavy atom. The quantitative estimate of drug-likeness (QED) is 0.267. The molecule has 1 amide bonds. The molecule has 5 rings (SSSR count). The fraction of sp³-hybridized carbons (Fsp3) is 0.207. The molecule has 2 atom stereocenters. The maximum atomic E-state index is 14.7. The molecule has 1 N–H and O–H groups in total. The minimum Gasteiger partial charge on any atom is -0.472 e. The number of nitrogens with one attached hydrogen (secondary N) is 1. The molecule has 1 aromatic heterocycles. The van der Waals surface area contributed by atoms with Gasteiger partial charge >= 0.3 is 12.1 Å². The highest BCUT2D eigenvalue weighted by Gasteiger charge is 2.30. The highest BCUT2D eigenvalue weighted by Crippen LogP contribution is 2.35. The van der Waals surface area contributed by atoms with Crippen molar-refractivity contribution < 1.29 is 37.1 Å². The van der Waals surface area contributed by atoms with Gasteiger partial charge in [0.2, 0.25) is 0 Å². The Morgan fingerprint density at radius 2 is 1.69 bits per heavy atom. The number of carbonyl (C=O) groups excluding carboxylic acids is 2. The Kier molecular flexibility index (Phi) is 7.27. The average molecular weight is 535 g/mol. The van der Waals surface area contributed by atoms with Crippen LogP contribution in [0.1, 0.15) is 30.7 Å². The van der Waals surface area contributed by atoms with Gasteiger partial charge in [0.25, 0.3) is 0 Å². The van der Waals surface area contributed by atoms with Crippen molar-refractivity contribution in [1.29, 1.82) is 0 Å². The van der Waals surface area contributed by atoms with Gasteiger partial charge in [-0.3, -0.25) is 5.32 Å². The normalized spacial score (nSPS) is 15.5. The van der Waals surface area contributed by atoms with E-state index in [4.69, 9.17) is 18.7 Å². The SMILES string of the molecule is Cc1noc(-c2ccc(-c3cc(F)c(OC4CCOC4=O)c(F)c3)cc2)c1NC(=O)OC(C)c1ccccc1. The van der Waals surface area contributed by atoms with Gasteiger partial charge in [0.1, 0.15) is 17.5 Å². The molecule has 0 radical (unpaired) electrons. The zero-order valence-electron chi connectivity index (χ0n) is 21.1. The van der Waals surface area contributed by atoms with Crippen LogP contribution in [0, 0.1) is 18.6 Å². The average Bonchev–Trinajstić information content (AvgIpc) is 3.51. The third-order valence-electron chi connectivity index (χ3n) is 6.27. The summed E-state index contributed by atoms with van der Waals surface area (Å²) in [6, 6.07) is 18.2. The van der Waals surface area contributed by atoms with E-state index in [0.717, 1.165) is 17.7 Å². The van der Waals surface area contributed by atoms with Crippen molar-refractivity contribution in [2.24, 2.45) is 0 Å². The number of esters is 1. The Labute approximate surface area is 222 Å². The maximum absolute atomic E-state index is 14.7. The summed E-state index contributed by atoms with van der Waals surface area (Å²) in [4.78, 5) is 24.2. The second-order valence-corrected chi connectivity index (χ2v) is 8.96. The molecule has 39 heavy (non-hydrogen) atoms. The first-order chi connectivity index (χ1) is 18.8. The van der Waals surface area contributed by atoms with E-state index in [0.29, 0.717) is 28.3 Å². The second-order valence-electron chi connectivity index (χ2n) is 8.96. The summed E-state index contributed by atoms with van der Waals surface area (Å²) in [5.74, 6) is -2.85. The Bertz CT molecular complexity index is 1480. The molecule has 4 aromatic rings. The van der Waals surface area contributed by atoms with Crippen LogP contribution in [-0.2, 0) is 14.3 Å². The minimum atomic E-state index is -1.04. The van der Waals surface area contributed by atoms with Gasteiger partial charge in [0, 0.05) is 12.0 Å². The minimum absolute atomic E-state index is 0.146. The van der Waals surface area contributed by atoms with Gasteiger partial charge in [0.15, 0.2) is 29.2 Å². The number of hydrogen-bond donors (Lipinski definition) is 1. The summed E-state index contributed by atoms with van der Waals surface area (Å²) in [6.45, 7) is 3.59. The van der Waals surface area contributed by atoms with E-state index in [1.54, 1.807) is 38.1 Å². The van der Waals surface area contributed by atoms with Gasteiger partial charge in [-0.05, 0) is 42.7 Å². The first kappa shape index (κ1) is 25.9. The monoisotopic (exact) mass is 534 g/mol. The molecule has 1 aliphatic rings. The summed E-state index contributed by atoms with van der Waals surface area (Å²) < 4.78 is 50.3. The van der Waals surface area contributed by atoms with Crippen molar-refractivity contribution in [1.82, 2.24) is 5.16 Å². The number of nitrogens with zero attached hydrogens (tertiary/aromatic N) is 1. The number of amides is 1. The van der Waals surface area contributed by atoms with Crippen LogP contribution in [0.3, 0.4) is 0 Å². The molecule has 1 aliphatic heterocycles. The summed E-state index contributed by atoms with van der Waals surface area (Å²) >= 11 is 0. The number of rotatable bonds is 7. The predicted octanol–water partition coefficient (Wildman–Crippen LogP) is 6.60.